The topological polar surface area (TPSA) is 102 Å². The van der Waals surface area contributed by atoms with E-state index < -0.39 is 11.5 Å². The third-order valence-electron chi connectivity index (χ3n) is 6.40. The average Bonchev–Trinajstić information content (AvgIpc) is 3.36. The van der Waals surface area contributed by atoms with Crippen molar-refractivity contribution in [1.82, 2.24) is 29.3 Å². The van der Waals surface area contributed by atoms with E-state index in [-0.39, 0.29) is 30.0 Å². The fraction of sp³-hybridized carbons (Fsp3) is 0.296. The average molecular weight is 519 g/mol. The number of halogens is 1. The summed E-state index contributed by atoms with van der Waals surface area (Å²) < 4.78 is 3.20. The number of pyridine rings is 2. The van der Waals surface area contributed by atoms with Crippen LogP contribution in [0, 0.1) is 5.41 Å². The molecule has 1 aliphatic heterocycles. The van der Waals surface area contributed by atoms with Gasteiger partial charge in [0.25, 0.3) is 11.5 Å². The summed E-state index contributed by atoms with van der Waals surface area (Å²) in [6, 6.07) is 10.5. The van der Waals surface area contributed by atoms with Crippen LogP contribution in [0.5, 0.6) is 0 Å². The molecule has 10 heteroatoms. The van der Waals surface area contributed by atoms with E-state index in [2.05, 4.69) is 29.1 Å². The van der Waals surface area contributed by atoms with E-state index >= 15 is 0 Å². The predicted molar refractivity (Wildman–Crippen MR) is 140 cm³/mol. The Morgan fingerprint density at radius 2 is 1.86 bits per heavy atom. The number of carbonyl (C=O) groups is 2. The first-order valence-electron chi connectivity index (χ1n) is 12.0. The molecule has 1 aliphatic rings. The second-order valence-corrected chi connectivity index (χ2v) is 10.6. The van der Waals surface area contributed by atoms with Gasteiger partial charge in [-0.2, -0.15) is 0 Å². The lowest BCUT2D eigenvalue weighted by Crippen LogP contribution is -2.56. The molecule has 0 aliphatic carbocycles. The molecule has 0 radical (unpaired) electrons. The number of likely N-dealkylation sites (tertiary alicyclic amines) is 1. The smallest absolute Gasteiger partial charge is 0.265 e. The molecule has 0 bridgehead atoms. The van der Waals surface area contributed by atoms with E-state index in [0.29, 0.717) is 35.7 Å². The Bertz CT molecular complexity index is 1520. The van der Waals surface area contributed by atoms with Crippen molar-refractivity contribution in [3.05, 3.63) is 93.4 Å². The Hall–Kier alpha value is -3.98. The molecule has 1 aromatic carbocycles. The van der Waals surface area contributed by atoms with E-state index in [1.807, 2.05) is 16.8 Å². The highest BCUT2D eigenvalue weighted by molar-refractivity contribution is 6.30. The molecule has 0 saturated carbocycles. The Kier molecular flexibility index (Phi) is 6.55. The van der Waals surface area contributed by atoms with Crippen molar-refractivity contribution in [2.75, 3.05) is 13.1 Å². The minimum atomic E-state index is -0.552. The van der Waals surface area contributed by atoms with Crippen LogP contribution < -0.4 is 10.9 Å². The highest BCUT2D eigenvalue weighted by atomic mass is 35.5. The monoisotopic (exact) mass is 518 g/mol. The van der Waals surface area contributed by atoms with Crippen LogP contribution in [0.15, 0.2) is 66.1 Å². The van der Waals surface area contributed by atoms with Crippen LogP contribution in [0.2, 0.25) is 5.02 Å². The summed E-state index contributed by atoms with van der Waals surface area (Å²) in [7, 11) is 0. The molecule has 37 heavy (non-hydrogen) atoms. The number of fused-ring (bicyclic) bond motifs is 1. The summed E-state index contributed by atoms with van der Waals surface area (Å²) in [4.78, 5) is 49.9. The molecule has 1 N–H and O–H groups in total. The Morgan fingerprint density at radius 1 is 1.11 bits per heavy atom. The molecule has 0 unspecified atom stereocenters. The van der Waals surface area contributed by atoms with Crippen LogP contribution in [-0.2, 0) is 24.4 Å². The van der Waals surface area contributed by atoms with Gasteiger partial charge in [-0.3, -0.25) is 19.0 Å². The molecule has 5 rings (SSSR count). The summed E-state index contributed by atoms with van der Waals surface area (Å²) in [5.74, 6) is -0.695. The number of imidazole rings is 1. The maximum Gasteiger partial charge on any atom is 0.265 e. The van der Waals surface area contributed by atoms with Gasteiger partial charge in [-0.05, 0) is 40.8 Å². The Balaban J connectivity index is 1.48. The van der Waals surface area contributed by atoms with Gasteiger partial charge in [-0.15, -0.1) is 0 Å². The van der Waals surface area contributed by atoms with Gasteiger partial charge in [0.15, 0.2) is 0 Å². The van der Waals surface area contributed by atoms with Gasteiger partial charge in [0.1, 0.15) is 17.8 Å². The highest BCUT2D eigenvalue weighted by Gasteiger charge is 2.37. The summed E-state index contributed by atoms with van der Waals surface area (Å²) >= 11 is 5.94. The minimum Gasteiger partial charge on any atom is -0.348 e. The van der Waals surface area contributed by atoms with Crippen molar-refractivity contribution >= 4 is 34.4 Å². The van der Waals surface area contributed by atoms with Gasteiger partial charge >= 0.3 is 0 Å². The first kappa shape index (κ1) is 24.7. The molecule has 3 aromatic heterocycles. The van der Waals surface area contributed by atoms with Gasteiger partial charge in [-0.1, -0.05) is 37.6 Å². The molecular formula is C27H27ClN6O3. The summed E-state index contributed by atoms with van der Waals surface area (Å²) in [5.41, 5.74) is 1.55. The molecule has 2 amide bonds. The number of aromatic nitrogens is 4. The molecule has 4 aromatic rings. The van der Waals surface area contributed by atoms with E-state index in [0.717, 1.165) is 11.1 Å². The van der Waals surface area contributed by atoms with Gasteiger partial charge < -0.3 is 14.8 Å². The molecule has 1 saturated heterocycles. The molecular weight excluding hydrogens is 492 g/mol. The SMILES string of the molecule is CC1(C)CN(C(=O)Cn2c(=O)c(C(=O)NCc3ccc(Cl)cc3)cc3cc(Cn4ccnc4)cnc32)C1. The Morgan fingerprint density at radius 3 is 2.54 bits per heavy atom. The Labute approximate surface area is 218 Å². The largest absolute Gasteiger partial charge is 0.348 e. The van der Waals surface area contributed by atoms with Crippen LogP contribution in [0.3, 0.4) is 0 Å². The van der Waals surface area contributed by atoms with Gasteiger partial charge in [0.2, 0.25) is 5.91 Å². The maximum atomic E-state index is 13.5. The normalized spacial score (nSPS) is 14.4. The zero-order chi connectivity index (χ0) is 26.2. The van der Waals surface area contributed by atoms with E-state index in [1.165, 1.54) is 4.57 Å². The fourth-order valence-electron chi connectivity index (χ4n) is 4.58. The summed E-state index contributed by atoms with van der Waals surface area (Å²) in [5, 5.41) is 4.01. The van der Waals surface area contributed by atoms with Gasteiger partial charge in [-0.25, -0.2) is 9.97 Å². The number of rotatable bonds is 7. The molecule has 0 spiro atoms. The lowest BCUT2D eigenvalue weighted by Gasteiger charge is -2.45. The third kappa shape index (κ3) is 5.41. The molecule has 1 fully saturated rings. The van der Waals surface area contributed by atoms with Crippen LogP contribution >= 0.6 is 11.6 Å². The fourth-order valence-corrected chi connectivity index (χ4v) is 4.70. The number of nitrogens with zero attached hydrogens (tertiary/aromatic N) is 5. The van der Waals surface area contributed by atoms with Crippen LogP contribution in [0.1, 0.15) is 35.3 Å². The van der Waals surface area contributed by atoms with Crippen molar-refractivity contribution < 1.29 is 9.59 Å². The quantitative estimate of drug-likeness (QED) is 0.405. The van der Waals surface area contributed by atoms with Gasteiger partial charge in [0, 0.05) is 48.6 Å². The van der Waals surface area contributed by atoms with Gasteiger partial charge in [0.05, 0.1) is 12.9 Å². The number of amides is 2. The van der Waals surface area contributed by atoms with Crippen LogP contribution in [0.25, 0.3) is 11.0 Å². The number of benzene rings is 1. The minimum absolute atomic E-state index is 0.0419. The first-order chi connectivity index (χ1) is 17.7. The molecule has 0 atom stereocenters. The zero-order valence-corrected chi connectivity index (χ0v) is 21.4. The zero-order valence-electron chi connectivity index (χ0n) is 20.6. The number of hydrogen-bond acceptors (Lipinski definition) is 5. The first-order valence-corrected chi connectivity index (χ1v) is 12.3. The highest BCUT2D eigenvalue weighted by Crippen LogP contribution is 2.28. The molecule has 4 heterocycles. The van der Waals surface area contributed by atoms with Crippen molar-refractivity contribution in [2.24, 2.45) is 5.41 Å². The molecule has 9 nitrogen and oxygen atoms in total. The van der Waals surface area contributed by atoms with Crippen LogP contribution in [0.4, 0.5) is 0 Å². The third-order valence-corrected chi connectivity index (χ3v) is 6.65. The number of hydrogen-bond donors (Lipinski definition) is 1. The lowest BCUT2D eigenvalue weighted by atomic mass is 9.84. The van der Waals surface area contributed by atoms with Crippen molar-refractivity contribution in [3.63, 3.8) is 0 Å². The number of nitrogens with one attached hydrogen (secondary N) is 1. The summed E-state index contributed by atoms with van der Waals surface area (Å²) in [6.45, 7) is 6.01. The van der Waals surface area contributed by atoms with Crippen LogP contribution in [-0.4, -0.2) is 48.9 Å². The van der Waals surface area contributed by atoms with Crippen molar-refractivity contribution in [3.8, 4) is 0 Å². The van der Waals surface area contributed by atoms with E-state index in [9.17, 15) is 14.4 Å². The van der Waals surface area contributed by atoms with E-state index in [4.69, 9.17) is 11.6 Å². The van der Waals surface area contributed by atoms with Crippen molar-refractivity contribution in [1.29, 1.82) is 0 Å². The summed E-state index contributed by atoms with van der Waals surface area (Å²) in [6.07, 6.45) is 6.91. The second-order valence-electron chi connectivity index (χ2n) is 10.2. The maximum absolute atomic E-state index is 13.5. The standard InChI is InChI=1S/C27H27ClN6O3/c1-27(2)15-33(16-27)23(35)14-34-24-20(9-19(12-30-24)13-32-8-7-29-17-32)10-22(26(34)37)25(36)31-11-18-3-5-21(28)6-4-18/h3-10,12,17H,11,13-16H2,1-2H3,(H,31,36). The van der Waals surface area contributed by atoms with E-state index in [1.54, 1.807) is 54.0 Å². The number of carbonyl (C=O) groups excluding carboxylic acids is 2. The predicted octanol–water partition coefficient (Wildman–Crippen LogP) is 3.09. The molecule has 190 valence electrons. The second kappa shape index (κ2) is 9.82. The lowest BCUT2D eigenvalue weighted by molar-refractivity contribution is -0.142. The van der Waals surface area contributed by atoms with Crippen molar-refractivity contribution in [2.45, 2.75) is 33.5 Å².